The van der Waals surface area contributed by atoms with Crippen LogP contribution in [0.2, 0.25) is 0 Å². The number of ether oxygens (including phenoxy) is 13. The molecule has 35 atom stereocenters. The smallest absolute Gasteiger partial charge is 0.394 e. The SMILES string of the molecule is CC(=O)N[C@@H]1[C@@H](O)[C@H](O[C@@H]2O[C@H](CO)[C@@H](O[C@@H]3O[C@H](CO[C@H]4O[C@H](CO)[C@@H](O)[C@H](O)[C@@H]4O)[C@@H](O)[C@H](O[C@H]4O[C@H](CO)[C@@H](O)[C@H](O)[C@@H]4O[C@@H]4O[C@H](COS(=O)(=O)O)[C@@H](O)[C@H](O)[C@H]4NC(C)=O)[C@@H]3O)[C@H](O)[C@H]2NC(C)=O)[C@@H](CO[C@@H]2O[C@@H](C)[C@@H](O)[C@@H](O)[C@@H]2O)O[C@H]1O. The third-order valence-corrected chi connectivity index (χ3v) is 16.3. The first kappa shape index (κ1) is 74.4. The topological polar surface area (TPSA) is 635 Å². The number of amides is 3. The molecule has 42 heteroatoms. The Bertz CT molecular complexity index is 2430. The fraction of sp³-hybridized carbons (Fsp3) is 0.938. The Morgan fingerprint density at radius 3 is 1.32 bits per heavy atom. The molecule has 7 rings (SSSR count). The number of carbonyl (C=O) groups is 3. The lowest BCUT2D eigenvalue weighted by Crippen LogP contribution is -2.70. The van der Waals surface area contributed by atoms with E-state index in [-0.39, 0.29) is 0 Å². The summed E-state index contributed by atoms with van der Waals surface area (Å²) in [7, 11) is -5.24. The number of carbonyl (C=O) groups excluding carboxylic acids is 3. The van der Waals surface area contributed by atoms with E-state index in [1.807, 2.05) is 0 Å². The van der Waals surface area contributed by atoms with E-state index >= 15 is 0 Å². The molecule has 7 aliphatic heterocycles. The Labute approximate surface area is 510 Å². The summed E-state index contributed by atoms with van der Waals surface area (Å²) >= 11 is 0. The van der Waals surface area contributed by atoms with Crippen LogP contribution in [-0.2, 0) is 90.5 Å². The molecule has 0 spiro atoms. The van der Waals surface area contributed by atoms with Crippen molar-refractivity contribution in [1.82, 2.24) is 16.0 Å². The van der Waals surface area contributed by atoms with Crippen LogP contribution in [0.3, 0.4) is 0 Å². The van der Waals surface area contributed by atoms with E-state index < -0.39 is 283 Å². The van der Waals surface area contributed by atoms with Crippen LogP contribution in [0, 0.1) is 0 Å². The summed E-state index contributed by atoms with van der Waals surface area (Å²) in [5.41, 5.74) is 0. The summed E-state index contributed by atoms with van der Waals surface area (Å²) < 4.78 is 112. The van der Waals surface area contributed by atoms with Crippen molar-refractivity contribution in [2.75, 3.05) is 39.6 Å². The van der Waals surface area contributed by atoms with Gasteiger partial charge in [0.25, 0.3) is 0 Å². The van der Waals surface area contributed by atoms with Gasteiger partial charge in [-0.3, -0.25) is 18.9 Å². The molecule has 0 aromatic rings. The van der Waals surface area contributed by atoms with Gasteiger partial charge in [-0.2, -0.15) is 8.42 Å². The molecule has 0 aromatic heterocycles. The number of hydrogen-bond acceptors (Lipinski definition) is 37. The van der Waals surface area contributed by atoms with Crippen LogP contribution in [0.25, 0.3) is 0 Å². The van der Waals surface area contributed by atoms with Gasteiger partial charge < -0.3 is 169 Å². The van der Waals surface area contributed by atoms with Crippen molar-refractivity contribution < 1.29 is 185 Å². The second-order valence-corrected chi connectivity index (χ2v) is 23.5. The summed E-state index contributed by atoms with van der Waals surface area (Å²) in [6.45, 7) is -2.01. The zero-order valence-corrected chi connectivity index (χ0v) is 48.9. The highest BCUT2D eigenvalue weighted by Crippen LogP contribution is 2.38. The second-order valence-electron chi connectivity index (χ2n) is 22.4. The minimum absolute atomic E-state index is 0.793. The zero-order chi connectivity index (χ0) is 66.7. The van der Waals surface area contributed by atoms with Gasteiger partial charge in [-0.15, -0.1) is 0 Å². The molecule has 7 aliphatic rings. The van der Waals surface area contributed by atoms with Crippen LogP contribution in [0.15, 0.2) is 0 Å². The van der Waals surface area contributed by atoms with Crippen molar-refractivity contribution in [3.8, 4) is 0 Å². The molecule has 22 N–H and O–H groups in total. The van der Waals surface area contributed by atoms with Gasteiger partial charge in [-0.25, -0.2) is 4.18 Å². The van der Waals surface area contributed by atoms with E-state index in [4.69, 9.17) is 61.6 Å². The molecule has 0 bridgehead atoms. The molecule has 7 heterocycles. The van der Waals surface area contributed by atoms with Crippen LogP contribution in [-0.4, -0.2) is 377 Å². The molecule has 0 saturated carbocycles. The standard InChI is InChI=1S/C48H81N3O38S/c1-11-24(58)32(66)35(69)45(79-11)77-9-20-39(30(64)21(42(72)80-20)49-12(2)55)86-44-23(51-14(4)57)31(65)38(17(7-54)83-44)87-47-37(71)40(28(62)18(85-47)8-76-46-36(70)33(67)25(59)15(5-52)81-46)88-48-41(34(68)26(60)16(6-53)82-48)89-43-22(50-13(3)56)29(63)27(61)19(84-43)10-78-90(73,74)75/h11,15-48,52-54,58-72H,5-10H2,1-4H3,(H,49,55)(H,50,56)(H,51,57)(H,73,74,75)/t11-,15+,16+,17+,18+,19+,20+,21+,22+,23+,24+,25+,26+,27+,28+,29+,30+,31+,32+,33-,34-,35-,36-,37-,38+,39+,40-,41-,42+,43-,44-,45+,46-,47-,48+/m0/s1. The third-order valence-electron chi connectivity index (χ3n) is 15.9. The summed E-state index contributed by atoms with van der Waals surface area (Å²) in [4.78, 5) is 37.6. The van der Waals surface area contributed by atoms with Crippen LogP contribution in [0.1, 0.15) is 27.7 Å². The van der Waals surface area contributed by atoms with Gasteiger partial charge in [0.05, 0.1) is 45.7 Å². The summed E-state index contributed by atoms with van der Waals surface area (Å²) in [6.07, 6.45) is -64.0. The number of nitrogens with one attached hydrogen (secondary N) is 3. The normalized spacial score (nSPS) is 47.9. The van der Waals surface area contributed by atoms with E-state index in [2.05, 4.69) is 20.1 Å². The molecule has 3 amide bonds. The molecular formula is C48H81N3O38S. The van der Waals surface area contributed by atoms with Crippen molar-refractivity contribution in [2.24, 2.45) is 0 Å². The van der Waals surface area contributed by atoms with Crippen LogP contribution >= 0.6 is 0 Å². The van der Waals surface area contributed by atoms with E-state index in [1.54, 1.807) is 0 Å². The maximum atomic E-state index is 12.9. The maximum absolute atomic E-state index is 12.9. The fourth-order valence-corrected chi connectivity index (χ4v) is 11.4. The highest BCUT2D eigenvalue weighted by atomic mass is 32.3. The Morgan fingerprint density at radius 2 is 0.767 bits per heavy atom. The molecule has 522 valence electrons. The lowest BCUT2D eigenvalue weighted by atomic mass is 9.93. The van der Waals surface area contributed by atoms with E-state index in [0.717, 1.165) is 20.8 Å². The van der Waals surface area contributed by atoms with Gasteiger partial charge in [-0.1, -0.05) is 0 Å². The Hall–Kier alpha value is -2.96. The van der Waals surface area contributed by atoms with E-state index in [1.165, 1.54) is 6.92 Å². The lowest BCUT2D eigenvalue weighted by Gasteiger charge is -2.51. The molecule has 0 aliphatic carbocycles. The average molecular weight is 1340 g/mol. The first-order valence-electron chi connectivity index (χ1n) is 28.1. The molecule has 41 nitrogen and oxygen atoms in total. The van der Waals surface area contributed by atoms with Crippen molar-refractivity contribution in [3.05, 3.63) is 0 Å². The average Bonchev–Trinajstić information content (AvgIpc) is 1.03. The Morgan fingerprint density at radius 1 is 0.367 bits per heavy atom. The predicted molar refractivity (Wildman–Crippen MR) is 276 cm³/mol. The van der Waals surface area contributed by atoms with Crippen molar-refractivity contribution in [3.63, 3.8) is 0 Å². The summed E-state index contributed by atoms with van der Waals surface area (Å²) in [6, 6.07) is -5.46. The third kappa shape index (κ3) is 17.2. The minimum atomic E-state index is -5.24. The first-order chi connectivity index (χ1) is 42.2. The Balaban J connectivity index is 1.20. The number of rotatable bonds is 23. The molecule has 0 unspecified atom stereocenters. The quantitative estimate of drug-likeness (QED) is 0.0422. The molecule has 90 heavy (non-hydrogen) atoms. The number of aliphatic hydroxyl groups is 18. The largest absolute Gasteiger partial charge is 0.397 e. The molecular weight excluding hydrogens is 1260 g/mol. The maximum Gasteiger partial charge on any atom is 0.397 e. The van der Waals surface area contributed by atoms with Gasteiger partial charge in [-0.05, 0) is 6.92 Å². The number of hydrogen-bond donors (Lipinski definition) is 22. The minimum Gasteiger partial charge on any atom is -0.394 e. The van der Waals surface area contributed by atoms with Gasteiger partial charge in [0.2, 0.25) is 17.7 Å². The summed E-state index contributed by atoms with van der Waals surface area (Å²) in [5.74, 6) is -2.64. The molecule has 0 aromatic carbocycles. The highest BCUT2D eigenvalue weighted by molar-refractivity contribution is 7.80. The van der Waals surface area contributed by atoms with Gasteiger partial charge in [0.15, 0.2) is 44.0 Å². The fourth-order valence-electron chi connectivity index (χ4n) is 11.1. The van der Waals surface area contributed by atoms with Crippen LogP contribution in [0.5, 0.6) is 0 Å². The lowest BCUT2D eigenvalue weighted by molar-refractivity contribution is -0.394. The van der Waals surface area contributed by atoms with Crippen molar-refractivity contribution >= 4 is 28.1 Å². The molecule has 0 radical (unpaired) electrons. The van der Waals surface area contributed by atoms with Gasteiger partial charge >= 0.3 is 10.4 Å². The molecule has 7 fully saturated rings. The van der Waals surface area contributed by atoms with Gasteiger partial charge in [0.1, 0.15) is 165 Å². The second kappa shape index (κ2) is 31.7. The van der Waals surface area contributed by atoms with Crippen molar-refractivity contribution in [1.29, 1.82) is 0 Å². The number of aliphatic hydroxyl groups excluding tert-OH is 18. The monoisotopic (exact) mass is 1340 g/mol. The van der Waals surface area contributed by atoms with Crippen LogP contribution < -0.4 is 16.0 Å². The highest BCUT2D eigenvalue weighted by Gasteiger charge is 2.59. The molecule has 7 saturated heterocycles. The first-order valence-corrected chi connectivity index (χ1v) is 29.5. The predicted octanol–water partition coefficient (Wildman–Crippen LogP) is -15.0. The summed E-state index contributed by atoms with van der Waals surface area (Å²) in [5, 5.41) is 205. The van der Waals surface area contributed by atoms with Crippen LogP contribution in [0.4, 0.5) is 0 Å². The van der Waals surface area contributed by atoms with Crippen molar-refractivity contribution in [2.45, 2.75) is 242 Å². The Kier molecular flexibility index (Phi) is 26.2. The van der Waals surface area contributed by atoms with E-state index in [9.17, 15) is 119 Å². The zero-order valence-electron chi connectivity index (χ0n) is 48.1. The van der Waals surface area contributed by atoms with Gasteiger partial charge in [0, 0.05) is 20.8 Å². The van der Waals surface area contributed by atoms with E-state index in [0.29, 0.717) is 0 Å².